The molecule has 94 valence electrons. The highest BCUT2D eigenvalue weighted by molar-refractivity contribution is 14.1. The predicted molar refractivity (Wildman–Crippen MR) is 87.5 cm³/mol. The summed E-state index contributed by atoms with van der Waals surface area (Å²) in [5.41, 5.74) is 1.91. The monoisotopic (exact) mass is 467 g/mol. The van der Waals surface area contributed by atoms with Crippen molar-refractivity contribution < 1.29 is 4.79 Å². The third-order valence-corrected chi connectivity index (χ3v) is 3.60. The number of hydrogen-bond donors (Lipinski definition) is 1. The van der Waals surface area contributed by atoms with Crippen molar-refractivity contribution in [3.63, 3.8) is 0 Å². The van der Waals surface area contributed by atoms with Gasteiger partial charge in [-0.05, 0) is 75.9 Å². The number of halogens is 2. The average Bonchev–Trinajstić information content (AvgIpc) is 2.68. The van der Waals surface area contributed by atoms with Crippen LogP contribution >= 0.6 is 45.2 Å². The van der Waals surface area contributed by atoms with Gasteiger partial charge < -0.3 is 5.32 Å². The molecule has 6 heteroatoms. The number of carbonyl (C=O) groups excluding carboxylic acids is 1. The number of aromatic nitrogens is 2. The van der Waals surface area contributed by atoms with E-state index in [-0.39, 0.29) is 12.5 Å². The van der Waals surface area contributed by atoms with E-state index in [0.29, 0.717) is 0 Å². The maximum Gasteiger partial charge on any atom is 0.246 e. The predicted octanol–water partition coefficient (Wildman–Crippen LogP) is 3.04. The first-order valence-corrected chi connectivity index (χ1v) is 7.44. The lowest BCUT2D eigenvalue weighted by molar-refractivity contribution is -0.116. The van der Waals surface area contributed by atoms with Crippen LogP contribution in [0, 0.1) is 14.1 Å². The number of nitrogens with one attached hydrogen (secondary N) is 1. The van der Waals surface area contributed by atoms with Gasteiger partial charge in [0.2, 0.25) is 5.91 Å². The van der Waals surface area contributed by atoms with E-state index in [1.165, 1.54) is 0 Å². The van der Waals surface area contributed by atoms with E-state index < -0.39 is 0 Å². The van der Waals surface area contributed by atoms with Crippen molar-refractivity contribution in [3.8, 4) is 0 Å². The van der Waals surface area contributed by atoms with E-state index in [1.807, 2.05) is 31.3 Å². The molecule has 1 heterocycles. The number of anilines is 1. The topological polar surface area (TPSA) is 46.9 Å². The molecule has 4 nitrogen and oxygen atoms in total. The lowest BCUT2D eigenvalue weighted by Crippen LogP contribution is -2.19. The Hall–Kier alpha value is -0.640. The van der Waals surface area contributed by atoms with Crippen LogP contribution in [0.5, 0.6) is 0 Å². The molecule has 0 spiro atoms. The average molecular weight is 467 g/mol. The second kappa shape index (κ2) is 6.00. The van der Waals surface area contributed by atoms with Crippen LogP contribution in [0.3, 0.4) is 0 Å². The first-order valence-electron chi connectivity index (χ1n) is 5.28. The van der Waals surface area contributed by atoms with Gasteiger partial charge in [0.25, 0.3) is 0 Å². The van der Waals surface area contributed by atoms with Gasteiger partial charge in [0.15, 0.2) is 0 Å². The van der Waals surface area contributed by atoms with Crippen LogP contribution in [0.1, 0.15) is 5.56 Å². The molecule has 0 bridgehead atoms. The van der Waals surface area contributed by atoms with Crippen LogP contribution in [-0.2, 0) is 11.3 Å². The lowest BCUT2D eigenvalue weighted by Gasteiger charge is -2.08. The van der Waals surface area contributed by atoms with E-state index >= 15 is 0 Å². The van der Waals surface area contributed by atoms with E-state index in [9.17, 15) is 4.79 Å². The van der Waals surface area contributed by atoms with E-state index in [4.69, 9.17) is 0 Å². The molecule has 0 fully saturated rings. The Labute approximate surface area is 132 Å². The number of benzene rings is 1. The minimum atomic E-state index is -0.0705. The summed E-state index contributed by atoms with van der Waals surface area (Å²) < 4.78 is 3.80. The Morgan fingerprint density at radius 1 is 1.39 bits per heavy atom. The summed E-state index contributed by atoms with van der Waals surface area (Å²) >= 11 is 4.41. The molecule has 0 aliphatic heterocycles. The zero-order chi connectivity index (χ0) is 13.1. The summed E-state index contributed by atoms with van der Waals surface area (Å²) in [4.78, 5) is 11.9. The Bertz CT molecular complexity index is 580. The fourth-order valence-electron chi connectivity index (χ4n) is 1.53. The van der Waals surface area contributed by atoms with Crippen LogP contribution in [-0.4, -0.2) is 15.7 Å². The molecule has 0 saturated carbocycles. The highest BCUT2D eigenvalue weighted by atomic mass is 127. The molecule has 1 N–H and O–H groups in total. The summed E-state index contributed by atoms with van der Waals surface area (Å²) in [6.07, 6.45) is 3.56. The molecule has 0 aliphatic rings. The molecular formula is C12H11I2N3O. The van der Waals surface area contributed by atoms with E-state index in [0.717, 1.165) is 18.4 Å². The summed E-state index contributed by atoms with van der Waals surface area (Å²) in [6, 6.07) is 5.93. The maximum atomic E-state index is 11.9. The third kappa shape index (κ3) is 3.67. The highest BCUT2D eigenvalue weighted by Crippen LogP contribution is 2.17. The van der Waals surface area contributed by atoms with Crippen molar-refractivity contribution >= 4 is 56.8 Å². The normalized spacial score (nSPS) is 10.4. The van der Waals surface area contributed by atoms with Crippen molar-refractivity contribution in [1.29, 1.82) is 0 Å². The van der Waals surface area contributed by atoms with Gasteiger partial charge in [-0.2, -0.15) is 5.10 Å². The van der Waals surface area contributed by atoms with Crippen molar-refractivity contribution in [2.45, 2.75) is 13.5 Å². The van der Waals surface area contributed by atoms with E-state index in [1.54, 1.807) is 10.9 Å². The zero-order valence-electron chi connectivity index (χ0n) is 9.65. The molecule has 1 aromatic heterocycles. The number of amides is 1. The number of hydrogen-bond acceptors (Lipinski definition) is 2. The standard InChI is InChI=1S/C12H11I2N3O/c1-8-4-9(13)2-3-11(8)16-12(18)7-17-6-10(14)5-15-17/h2-6H,7H2,1H3,(H,16,18). The first kappa shape index (κ1) is 13.8. The molecular weight excluding hydrogens is 456 g/mol. The van der Waals surface area contributed by atoms with Crippen LogP contribution < -0.4 is 5.32 Å². The van der Waals surface area contributed by atoms with Crippen LogP contribution in [0.2, 0.25) is 0 Å². The lowest BCUT2D eigenvalue weighted by atomic mass is 10.2. The molecule has 0 radical (unpaired) electrons. The van der Waals surface area contributed by atoms with Gasteiger partial charge in [-0.3, -0.25) is 9.48 Å². The molecule has 1 amide bonds. The molecule has 0 unspecified atom stereocenters. The smallest absolute Gasteiger partial charge is 0.246 e. The fraction of sp³-hybridized carbons (Fsp3) is 0.167. The Morgan fingerprint density at radius 3 is 2.78 bits per heavy atom. The van der Waals surface area contributed by atoms with Gasteiger partial charge in [-0.15, -0.1) is 0 Å². The molecule has 2 rings (SSSR count). The third-order valence-electron chi connectivity index (χ3n) is 2.37. The highest BCUT2D eigenvalue weighted by Gasteiger charge is 2.06. The summed E-state index contributed by atoms with van der Waals surface area (Å²) in [5, 5.41) is 6.97. The quantitative estimate of drug-likeness (QED) is 0.707. The molecule has 0 atom stereocenters. The van der Waals surface area contributed by atoms with E-state index in [2.05, 4.69) is 55.6 Å². The summed E-state index contributed by atoms with van der Waals surface area (Å²) in [6.45, 7) is 2.21. The van der Waals surface area contributed by atoms with Crippen LogP contribution in [0.4, 0.5) is 5.69 Å². The van der Waals surface area contributed by atoms with Crippen molar-refractivity contribution in [3.05, 3.63) is 43.3 Å². The Kier molecular flexibility index (Phi) is 4.60. The number of carbonyl (C=O) groups is 1. The van der Waals surface area contributed by atoms with Gasteiger partial charge in [0, 0.05) is 15.5 Å². The number of aryl methyl sites for hydroxylation is 1. The second-order valence-electron chi connectivity index (χ2n) is 3.86. The SMILES string of the molecule is Cc1cc(I)ccc1NC(=O)Cn1cc(I)cn1. The van der Waals surface area contributed by atoms with Crippen LogP contribution in [0.15, 0.2) is 30.6 Å². The number of rotatable bonds is 3. The molecule has 2 aromatic rings. The Balaban J connectivity index is 2.03. The van der Waals surface area contributed by atoms with Gasteiger partial charge in [-0.25, -0.2) is 0 Å². The van der Waals surface area contributed by atoms with Crippen molar-refractivity contribution in [2.75, 3.05) is 5.32 Å². The van der Waals surface area contributed by atoms with Gasteiger partial charge >= 0.3 is 0 Å². The van der Waals surface area contributed by atoms with Crippen molar-refractivity contribution in [2.24, 2.45) is 0 Å². The largest absolute Gasteiger partial charge is 0.324 e. The minimum Gasteiger partial charge on any atom is -0.324 e. The Morgan fingerprint density at radius 2 is 2.17 bits per heavy atom. The second-order valence-corrected chi connectivity index (χ2v) is 6.35. The van der Waals surface area contributed by atoms with Crippen molar-refractivity contribution in [1.82, 2.24) is 9.78 Å². The van der Waals surface area contributed by atoms with Crippen LogP contribution in [0.25, 0.3) is 0 Å². The first-order chi connectivity index (χ1) is 8.54. The van der Waals surface area contributed by atoms with Gasteiger partial charge in [0.05, 0.1) is 9.77 Å². The molecule has 0 aliphatic carbocycles. The zero-order valence-corrected chi connectivity index (χ0v) is 14.0. The summed E-state index contributed by atoms with van der Waals surface area (Å²) in [7, 11) is 0. The molecule has 0 saturated heterocycles. The van der Waals surface area contributed by atoms with Gasteiger partial charge in [0.1, 0.15) is 6.54 Å². The maximum absolute atomic E-state index is 11.9. The fourth-order valence-corrected chi connectivity index (χ4v) is 2.62. The van der Waals surface area contributed by atoms with Gasteiger partial charge in [-0.1, -0.05) is 0 Å². The number of nitrogens with zero attached hydrogens (tertiary/aromatic N) is 2. The summed E-state index contributed by atoms with van der Waals surface area (Å²) in [5.74, 6) is -0.0705. The minimum absolute atomic E-state index is 0.0705. The molecule has 1 aromatic carbocycles. The molecule has 18 heavy (non-hydrogen) atoms.